The Labute approximate surface area is 150 Å². The van der Waals surface area contributed by atoms with E-state index in [0.29, 0.717) is 35.1 Å². The molecule has 0 radical (unpaired) electrons. The lowest BCUT2D eigenvalue weighted by atomic mass is 10.0. The molecule has 132 valence electrons. The third kappa shape index (κ3) is 6.04. The van der Waals surface area contributed by atoms with E-state index in [4.69, 9.17) is 27.6 Å². The molecule has 0 aliphatic rings. The second kappa shape index (κ2) is 8.32. The minimum absolute atomic E-state index is 0.172. The number of benzene rings is 1. The van der Waals surface area contributed by atoms with Gasteiger partial charge in [0.05, 0.1) is 16.1 Å². The molecule has 0 saturated carbocycles. The molecule has 0 aliphatic heterocycles. The molecule has 3 nitrogen and oxygen atoms in total. The van der Waals surface area contributed by atoms with Gasteiger partial charge in [0.1, 0.15) is 6.10 Å². The van der Waals surface area contributed by atoms with E-state index in [-0.39, 0.29) is 5.04 Å². The smallest absolute Gasteiger partial charge is 0.191 e. The molecule has 0 heterocycles. The van der Waals surface area contributed by atoms with Gasteiger partial charge in [-0.05, 0) is 48.7 Å². The molecule has 0 saturated heterocycles. The van der Waals surface area contributed by atoms with Crippen molar-refractivity contribution in [3.05, 3.63) is 33.8 Å². The van der Waals surface area contributed by atoms with Crippen LogP contribution in [0.15, 0.2) is 18.2 Å². The Morgan fingerprint density at radius 3 is 2.26 bits per heavy atom. The number of aliphatic hydroxyl groups is 2. The third-order valence-corrected chi connectivity index (χ3v) is 9.84. The maximum absolute atomic E-state index is 10.2. The van der Waals surface area contributed by atoms with Crippen molar-refractivity contribution in [2.24, 2.45) is 0 Å². The summed E-state index contributed by atoms with van der Waals surface area (Å²) in [5.41, 5.74) is 0.567. The summed E-state index contributed by atoms with van der Waals surface area (Å²) in [6.45, 7) is 11.6. The Kier molecular flexibility index (Phi) is 7.58. The summed E-state index contributed by atoms with van der Waals surface area (Å²) >= 11 is 11.8. The van der Waals surface area contributed by atoms with Crippen molar-refractivity contribution in [3.63, 3.8) is 0 Å². The van der Waals surface area contributed by atoms with Crippen molar-refractivity contribution in [2.45, 2.75) is 64.0 Å². The molecular weight excluding hydrogens is 351 g/mol. The molecule has 23 heavy (non-hydrogen) atoms. The fourth-order valence-corrected chi connectivity index (χ4v) is 3.31. The lowest BCUT2D eigenvalue weighted by molar-refractivity contribution is 0.0102. The van der Waals surface area contributed by atoms with Gasteiger partial charge in [0.15, 0.2) is 8.32 Å². The van der Waals surface area contributed by atoms with Crippen LogP contribution in [-0.2, 0) is 4.43 Å². The molecule has 2 N–H and O–H groups in total. The Balaban J connectivity index is 2.47. The second-order valence-electron chi connectivity index (χ2n) is 7.44. The summed E-state index contributed by atoms with van der Waals surface area (Å²) in [5, 5.41) is 21.3. The van der Waals surface area contributed by atoms with E-state index >= 15 is 0 Å². The van der Waals surface area contributed by atoms with Crippen molar-refractivity contribution in [1.82, 2.24) is 0 Å². The Hall–Kier alpha value is -0.103. The Bertz CT molecular complexity index is 515. The highest BCUT2D eigenvalue weighted by Crippen LogP contribution is 2.36. The molecule has 0 bridgehead atoms. The Morgan fingerprint density at radius 2 is 1.74 bits per heavy atom. The summed E-state index contributed by atoms with van der Waals surface area (Å²) in [5.74, 6) is 0. The van der Waals surface area contributed by atoms with Gasteiger partial charge in [-0.25, -0.2) is 0 Å². The molecule has 1 aromatic rings. The van der Waals surface area contributed by atoms with Gasteiger partial charge in [-0.3, -0.25) is 0 Å². The molecule has 0 fully saturated rings. The van der Waals surface area contributed by atoms with Crippen molar-refractivity contribution in [1.29, 1.82) is 0 Å². The first-order valence-electron chi connectivity index (χ1n) is 7.91. The first-order valence-corrected chi connectivity index (χ1v) is 11.6. The van der Waals surface area contributed by atoms with Crippen LogP contribution in [0.1, 0.15) is 45.3 Å². The van der Waals surface area contributed by atoms with E-state index in [2.05, 4.69) is 33.9 Å². The molecule has 1 rings (SSSR count). The molecule has 6 heteroatoms. The van der Waals surface area contributed by atoms with Crippen LogP contribution in [-0.4, -0.2) is 31.2 Å². The summed E-state index contributed by atoms with van der Waals surface area (Å²) in [6, 6.07) is 4.88. The van der Waals surface area contributed by atoms with E-state index in [9.17, 15) is 10.2 Å². The number of hydrogen-bond acceptors (Lipinski definition) is 3. The van der Waals surface area contributed by atoms with Crippen LogP contribution in [0.2, 0.25) is 28.2 Å². The van der Waals surface area contributed by atoms with Gasteiger partial charge in [0, 0.05) is 6.61 Å². The first kappa shape index (κ1) is 20.9. The van der Waals surface area contributed by atoms with Crippen molar-refractivity contribution in [2.75, 3.05) is 6.61 Å². The molecule has 2 atom stereocenters. The van der Waals surface area contributed by atoms with Crippen LogP contribution in [0.25, 0.3) is 0 Å². The SMILES string of the molecule is CC(C)(C)[Si](C)(C)OCCC[C@@H](O)C(O)c1ccc(Cl)c(Cl)c1. The van der Waals surface area contributed by atoms with Gasteiger partial charge in [-0.2, -0.15) is 0 Å². The highest BCUT2D eigenvalue weighted by Gasteiger charge is 2.36. The minimum atomic E-state index is -1.76. The maximum atomic E-state index is 10.2. The molecule has 1 aromatic carbocycles. The zero-order valence-electron chi connectivity index (χ0n) is 14.6. The topological polar surface area (TPSA) is 49.7 Å². The third-order valence-electron chi connectivity index (χ3n) is 4.56. The number of halogens is 2. The van der Waals surface area contributed by atoms with Crippen molar-refractivity contribution in [3.8, 4) is 0 Å². The summed E-state index contributed by atoms with van der Waals surface area (Å²) in [7, 11) is -1.76. The van der Waals surface area contributed by atoms with Gasteiger partial charge in [0.2, 0.25) is 0 Å². The molecular formula is C17H28Cl2O3Si. The lowest BCUT2D eigenvalue weighted by Gasteiger charge is -2.36. The fraction of sp³-hybridized carbons (Fsp3) is 0.647. The van der Waals surface area contributed by atoms with E-state index in [1.807, 2.05) is 0 Å². The van der Waals surface area contributed by atoms with Crippen LogP contribution >= 0.6 is 23.2 Å². The van der Waals surface area contributed by atoms with Crippen LogP contribution in [0.3, 0.4) is 0 Å². The standard InChI is InChI=1S/C17H28Cl2O3Si/c1-17(2,3)23(4,5)22-10-6-7-15(20)16(21)12-8-9-13(18)14(19)11-12/h8-9,11,15-16,20-21H,6-7,10H2,1-5H3/t15-,16?/m1/s1. The van der Waals surface area contributed by atoms with Crippen LogP contribution < -0.4 is 0 Å². The van der Waals surface area contributed by atoms with Crippen molar-refractivity contribution >= 4 is 31.5 Å². The Morgan fingerprint density at radius 1 is 1.13 bits per heavy atom. The highest BCUT2D eigenvalue weighted by molar-refractivity contribution is 6.74. The average Bonchev–Trinajstić information content (AvgIpc) is 2.44. The van der Waals surface area contributed by atoms with Gasteiger partial charge in [-0.1, -0.05) is 50.0 Å². The average molecular weight is 379 g/mol. The van der Waals surface area contributed by atoms with E-state index < -0.39 is 20.5 Å². The molecule has 0 spiro atoms. The second-order valence-corrected chi connectivity index (χ2v) is 13.1. The van der Waals surface area contributed by atoms with Gasteiger partial charge in [0.25, 0.3) is 0 Å². The van der Waals surface area contributed by atoms with Crippen LogP contribution in [0.5, 0.6) is 0 Å². The first-order chi connectivity index (χ1) is 10.5. The quantitative estimate of drug-likeness (QED) is 0.506. The fourth-order valence-electron chi connectivity index (χ4n) is 1.91. The van der Waals surface area contributed by atoms with Gasteiger partial charge in [-0.15, -0.1) is 0 Å². The molecule has 1 unspecified atom stereocenters. The van der Waals surface area contributed by atoms with Gasteiger partial charge < -0.3 is 14.6 Å². The number of aliphatic hydroxyl groups excluding tert-OH is 2. The maximum Gasteiger partial charge on any atom is 0.191 e. The van der Waals surface area contributed by atoms with Gasteiger partial charge >= 0.3 is 0 Å². The summed E-state index contributed by atoms with van der Waals surface area (Å²) in [6.07, 6.45) is -0.657. The minimum Gasteiger partial charge on any atom is -0.417 e. The summed E-state index contributed by atoms with van der Waals surface area (Å²) < 4.78 is 6.07. The van der Waals surface area contributed by atoms with E-state index in [1.165, 1.54) is 0 Å². The monoisotopic (exact) mass is 378 g/mol. The zero-order chi connectivity index (χ0) is 17.8. The normalized spacial score (nSPS) is 15.5. The van der Waals surface area contributed by atoms with Crippen LogP contribution in [0.4, 0.5) is 0 Å². The summed E-state index contributed by atoms with van der Waals surface area (Å²) in [4.78, 5) is 0. The number of hydrogen-bond donors (Lipinski definition) is 2. The predicted octanol–water partition coefficient (Wildman–Crippen LogP) is 5.19. The molecule has 0 amide bonds. The molecule has 0 aliphatic carbocycles. The largest absolute Gasteiger partial charge is 0.417 e. The van der Waals surface area contributed by atoms with Crippen molar-refractivity contribution < 1.29 is 14.6 Å². The van der Waals surface area contributed by atoms with E-state index in [0.717, 1.165) is 0 Å². The zero-order valence-corrected chi connectivity index (χ0v) is 17.1. The predicted molar refractivity (Wildman–Crippen MR) is 99.8 cm³/mol. The highest BCUT2D eigenvalue weighted by atomic mass is 35.5. The number of rotatable bonds is 7. The van der Waals surface area contributed by atoms with Crippen LogP contribution in [0, 0.1) is 0 Å². The molecule has 0 aromatic heterocycles. The lowest BCUT2D eigenvalue weighted by Crippen LogP contribution is -2.41. The van der Waals surface area contributed by atoms with E-state index in [1.54, 1.807) is 18.2 Å².